The zero-order valence-electron chi connectivity index (χ0n) is 10.6. The maximum atomic E-state index is 11.3. The summed E-state index contributed by atoms with van der Waals surface area (Å²) in [5.74, 6) is 0.847. The summed E-state index contributed by atoms with van der Waals surface area (Å²) in [7, 11) is 0. The molecule has 2 heteroatoms. The molecule has 0 rings (SSSR count). The molecule has 0 fully saturated rings. The molecule has 0 aromatic carbocycles. The first-order valence-electron chi connectivity index (χ1n) is 6.43. The Hall–Kier alpha value is -0.530. The van der Waals surface area contributed by atoms with Crippen LogP contribution >= 0.6 is 0 Å². The standard InChI is InChI=1S/C13H27NO.H2/c1-4-5-6-7-8-11-14-13(15)10-9-12(2)3;/h12H,4-11H2,1-3H3,(H,14,15);1H. The van der Waals surface area contributed by atoms with E-state index in [9.17, 15) is 4.79 Å². The van der Waals surface area contributed by atoms with Gasteiger partial charge in [-0.15, -0.1) is 0 Å². The van der Waals surface area contributed by atoms with Crippen molar-refractivity contribution in [3.05, 3.63) is 0 Å². The van der Waals surface area contributed by atoms with Crippen LogP contribution < -0.4 is 5.32 Å². The van der Waals surface area contributed by atoms with Crippen LogP contribution in [-0.2, 0) is 4.79 Å². The molecular formula is C13H29NO. The van der Waals surface area contributed by atoms with Gasteiger partial charge in [-0.3, -0.25) is 4.79 Å². The predicted octanol–water partition coefficient (Wildman–Crippen LogP) is 3.76. The molecule has 2 nitrogen and oxygen atoms in total. The van der Waals surface area contributed by atoms with Gasteiger partial charge in [-0.1, -0.05) is 46.5 Å². The molecule has 0 aliphatic rings. The number of unbranched alkanes of at least 4 members (excludes halogenated alkanes) is 4. The molecule has 0 bridgehead atoms. The highest BCUT2D eigenvalue weighted by Gasteiger charge is 2.01. The van der Waals surface area contributed by atoms with Crippen molar-refractivity contribution < 1.29 is 6.22 Å². The minimum atomic E-state index is 0. The molecule has 0 atom stereocenters. The van der Waals surface area contributed by atoms with Gasteiger partial charge in [0.15, 0.2) is 0 Å². The third-order valence-electron chi connectivity index (χ3n) is 2.55. The molecule has 0 heterocycles. The SMILES string of the molecule is CCCCCCCNC(=O)CCC(C)C.[HH]. The van der Waals surface area contributed by atoms with Gasteiger partial charge in [0.25, 0.3) is 0 Å². The van der Waals surface area contributed by atoms with E-state index in [0.717, 1.165) is 19.4 Å². The maximum absolute atomic E-state index is 11.3. The largest absolute Gasteiger partial charge is 0.356 e. The van der Waals surface area contributed by atoms with Crippen LogP contribution in [0, 0.1) is 5.92 Å². The van der Waals surface area contributed by atoms with Gasteiger partial charge >= 0.3 is 0 Å². The van der Waals surface area contributed by atoms with Gasteiger partial charge in [0, 0.05) is 14.4 Å². The molecule has 1 amide bonds. The number of carbonyl (C=O) groups excluding carboxylic acids is 1. The quantitative estimate of drug-likeness (QED) is 0.583. The van der Waals surface area contributed by atoms with E-state index in [1.165, 1.54) is 25.7 Å². The summed E-state index contributed by atoms with van der Waals surface area (Å²) in [4.78, 5) is 11.3. The third-order valence-corrected chi connectivity index (χ3v) is 2.55. The Bertz CT molecular complexity index is 160. The molecule has 0 aromatic heterocycles. The van der Waals surface area contributed by atoms with Gasteiger partial charge in [-0.2, -0.15) is 0 Å². The molecule has 0 aromatic rings. The highest BCUT2D eigenvalue weighted by Crippen LogP contribution is 2.03. The zero-order valence-corrected chi connectivity index (χ0v) is 10.6. The third kappa shape index (κ3) is 11.4. The summed E-state index contributed by atoms with van der Waals surface area (Å²) < 4.78 is 0. The summed E-state index contributed by atoms with van der Waals surface area (Å²) in [5.41, 5.74) is 0. The summed E-state index contributed by atoms with van der Waals surface area (Å²) >= 11 is 0. The lowest BCUT2D eigenvalue weighted by Gasteiger charge is -2.06. The smallest absolute Gasteiger partial charge is 0.220 e. The minimum Gasteiger partial charge on any atom is -0.356 e. The average molecular weight is 215 g/mol. The van der Waals surface area contributed by atoms with Crippen molar-refractivity contribution in [3.8, 4) is 0 Å². The highest BCUT2D eigenvalue weighted by molar-refractivity contribution is 5.75. The van der Waals surface area contributed by atoms with Gasteiger partial charge in [0.2, 0.25) is 5.91 Å². The molecule has 1 N–H and O–H groups in total. The van der Waals surface area contributed by atoms with Crippen molar-refractivity contribution in [1.82, 2.24) is 5.32 Å². The molecular weight excluding hydrogens is 186 g/mol. The molecule has 0 unspecified atom stereocenters. The fourth-order valence-corrected chi connectivity index (χ4v) is 1.46. The Morgan fingerprint density at radius 3 is 2.47 bits per heavy atom. The van der Waals surface area contributed by atoms with E-state index in [4.69, 9.17) is 0 Å². The lowest BCUT2D eigenvalue weighted by atomic mass is 10.1. The number of nitrogens with one attached hydrogen (secondary N) is 1. The van der Waals surface area contributed by atoms with Crippen LogP contribution in [0.2, 0.25) is 0 Å². The van der Waals surface area contributed by atoms with Crippen LogP contribution in [0.25, 0.3) is 0 Å². The van der Waals surface area contributed by atoms with Crippen molar-refractivity contribution >= 4 is 5.91 Å². The lowest BCUT2D eigenvalue weighted by molar-refractivity contribution is -0.121. The number of carbonyl (C=O) groups is 1. The summed E-state index contributed by atoms with van der Waals surface area (Å²) in [6, 6.07) is 0. The fourth-order valence-electron chi connectivity index (χ4n) is 1.46. The van der Waals surface area contributed by atoms with Crippen LogP contribution in [-0.4, -0.2) is 12.5 Å². The van der Waals surface area contributed by atoms with Crippen molar-refractivity contribution in [2.75, 3.05) is 6.54 Å². The Morgan fingerprint density at radius 1 is 1.20 bits per heavy atom. The summed E-state index contributed by atoms with van der Waals surface area (Å²) in [6.07, 6.45) is 7.97. The van der Waals surface area contributed by atoms with Crippen molar-refractivity contribution in [3.63, 3.8) is 0 Å². The number of hydrogen-bond acceptors (Lipinski definition) is 1. The molecule has 0 saturated heterocycles. The Kier molecular flexibility index (Phi) is 9.65. The van der Waals surface area contributed by atoms with Gasteiger partial charge in [0.05, 0.1) is 0 Å². The Balaban J connectivity index is 0. The molecule has 0 spiro atoms. The first-order chi connectivity index (χ1) is 7.16. The van der Waals surface area contributed by atoms with Gasteiger partial charge in [0.1, 0.15) is 0 Å². The second kappa shape index (κ2) is 10.0. The van der Waals surface area contributed by atoms with Crippen LogP contribution in [0.5, 0.6) is 0 Å². The van der Waals surface area contributed by atoms with Crippen molar-refractivity contribution in [1.29, 1.82) is 0 Å². The van der Waals surface area contributed by atoms with Crippen LogP contribution in [0.1, 0.15) is 67.1 Å². The van der Waals surface area contributed by atoms with E-state index >= 15 is 0 Å². The zero-order chi connectivity index (χ0) is 11.5. The van der Waals surface area contributed by atoms with E-state index in [0.29, 0.717) is 12.3 Å². The van der Waals surface area contributed by atoms with E-state index in [1.54, 1.807) is 0 Å². The first-order valence-corrected chi connectivity index (χ1v) is 6.43. The van der Waals surface area contributed by atoms with E-state index < -0.39 is 0 Å². The molecule has 92 valence electrons. The minimum absolute atomic E-state index is 0. The highest BCUT2D eigenvalue weighted by atomic mass is 16.1. The number of rotatable bonds is 9. The topological polar surface area (TPSA) is 29.1 Å². The van der Waals surface area contributed by atoms with E-state index in [2.05, 4.69) is 26.1 Å². The monoisotopic (exact) mass is 215 g/mol. The molecule has 0 aliphatic carbocycles. The molecule has 15 heavy (non-hydrogen) atoms. The Morgan fingerprint density at radius 2 is 1.87 bits per heavy atom. The predicted molar refractivity (Wildman–Crippen MR) is 68.0 cm³/mol. The van der Waals surface area contributed by atoms with Crippen LogP contribution in [0.4, 0.5) is 0 Å². The van der Waals surface area contributed by atoms with Gasteiger partial charge in [-0.25, -0.2) is 0 Å². The Labute approximate surface area is 96.3 Å². The normalized spacial score (nSPS) is 10.7. The summed E-state index contributed by atoms with van der Waals surface area (Å²) in [5, 5.41) is 2.98. The van der Waals surface area contributed by atoms with Crippen LogP contribution in [0.15, 0.2) is 0 Å². The first kappa shape index (κ1) is 14.5. The van der Waals surface area contributed by atoms with Crippen molar-refractivity contribution in [2.24, 2.45) is 5.92 Å². The maximum Gasteiger partial charge on any atom is 0.220 e. The second-order valence-electron chi connectivity index (χ2n) is 4.70. The van der Waals surface area contributed by atoms with E-state index in [-0.39, 0.29) is 7.33 Å². The van der Waals surface area contributed by atoms with Gasteiger partial charge in [-0.05, 0) is 18.8 Å². The van der Waals surface area contributed by atoms with Gasteiger partial charge < -0.3 is 5.32 Å². The summed E-state index contributed by atoms with van der Waals surface area (Å²) in [6.45, 7) is 7.38. The van der Waals surface area contributed by atoms with Crippen molar-refractivity contribution in [2.45, 2.75) is 65.7 Å². The molecule has 0 aliphatic heterocycles. The second-order valence-corrected chi connectivity index (χ2v) is 4.70. The average Bonchev–Trinajstić information content (AvgIpc) is 2.20. The number of amides is 1. The number of hydrogen-bond donors (Lipinski definition) is 1. The fraction of sp³-hybridized carbons (Fsp3) is 0.923. The van der Waals surface area contributed by atoms with Crippen LogP contribution in [0.3, 0.4) is 0 Å². The lowest BCUT2D eigenvalue weighted by Crippen LogP contribution is -2.24. The molecule has 0 radical (unpaired) electrons. The molecule has 0 saturated carbocycles. The van der Waals surface area contributed by atoms with E-state index in [1.807, 2.05) is 0 Å².